The molecule has 0 amide bonds. The van der Waals surface area contributed by atoms with E-state index >= 15 is 0 Å². The summed E-state index contributed by atoms with van der Waals surface area (Å²) in [6.45, 7) is 5.95. The maximum atomic E-state index is 12.7. The summed E-state index contributed by atoms with van der Waals surface area (Å²) in [7, 11) is 4.50. The monoisotopic (exact) mass is 644 g/mol. The van der Waals surface area contributed by atoms with Crippen molar-refractivity contribution in [1.29, 1.82) is 0 Å². The molecule has 30 heavy (non-hydrogen) atoms. The second kappa shape index (κ2) is 11.3. The van der Waals surface area contributed by atoms with Crippen molar-refractivity contribution in [3.8, 4) is 0 Å². The van der Waals surface area contributed by atoms with Crippen LogP contribution in [-0.2, 0) is 12.7 Å². The lowest BCUT2D eigenvalue weighted by Crippen LogP contribution is -3.00. The Labute approximate surface area is 212 Å². The average Bonchev–Trinajstić information content (AvgIpc) is 2.65. The Bertz CT molecular complexity index is 797. The van der Waals surface area contributed by atoms with Crippen LogP contribution in [0.3, 0.4) is 0 Å². The lowest BCUT2D eigenvalue weighted by molar-refractivity contribution is -1.02. The number of hydrogen-bond donors (Lipinski definition) is 0. The SMILES string of the molecule is C[N+]1(CC=Cc2ccccc2)CC[N+](C)(Cc2ccc(C(F)(F)F)cc2)CC1.[I-].[I-]. The van der Waals surface area contributed by atoms with Crippen molar-refractivity contribution in [1.82, 2.24) is 0 Å². The topological polar surface area (TPSA) is 0 Å². The molecule has 0 bridgehead atoms. The Morgan fingerprint density at radius 3 is 1.87 bits per heavy atom. The third kappa shape index (κ3) is 7.80. The molecule has 0 unspecified atom stereocenters. The minimum absolute atomic E-state index is 0. The number of nitrogens with zero attached hydrogens (tertiary/aromatic N) is 2. The minimum atomic E-state index is -4.27. The number of hydrogen-bond acceptors (Lipinski definition) is 0. The smallest absolute Gasteiger partial charge is 0.416 e. The van der Waals surface area contributed by atoms with Gasteiger partial charge in [0.2, 0.25) is 0 Å². The van der Waals surface area contributed by atoms with E-state index < -0.39 is 11.7 Å². The van der Waals surface area contributed by atoms with Crippen molar-refractivity contribution < 1.29 is 70.1 Å². The highest BCUT2D eigenvalue weighted by molar-refractivity contribution is 5.48. The van der Waals surface area contributed by atoms with E-state index in [0.717, 1.165) is 53.8 Å². The van der Waals surface area contributed by atoms with Gasteiger partial charge in [-0.1, -0.05) is 48.5 Å². The highest BCUT2D eigenvalue weighted by Crippen LogP contribution is 2.29. The van der Waals surface area contributed by atoms with Gasteiger partial charge in [-0.25, -0.2) is 0 Å². The third-order valence-electron chi connectivity index (χ3n) is 5.86. The van der Waals surface area contributed by atoms with Crippen molar-refractivity contribution >= 4 is 6.08 Å². The van der Waals surface area contributed by atoms with Crippen LogP contribution in [0, 0.1) is 0 Å². The van der Waals surface area contributed by atoms with Gasteiger partial charge in [-0.05, 0) is 23.8 Å². The maximum absolute atomic E-state index is 12.7. The zero-order chi connectivity index (χ0) is 20.3. The standard InChI is InChI=1S/C23H29F3N2.2HI/c1-27(14-6-9-20-7-4-3-5-8-20)15-17-28(2,18-16-27)19-21-10-12-22(13-11-21)23(24,25)26;;/h3-13H,14-19H2,1-2H3;2*1H/q+2;;/p-2. The van der Waals surface area contributed by atoms with E-state index in [-0.39, 0.29) is 48.0 Å². The van der Waals surface area contributed by atoms with Crippen LogP contribution in [0.1, 0.15) is 16.7 Å². The zero-order valence-corrected chi connectivity index (χ0v) is 21.7. The lowest BCUT2D eigenvalue weighted by atomic mass is 10.1. The van der Waals surface area contributed by atoms with Gasteiger partial charge in [0.15, 0.2) is 0 Å². The van der Waals surface area contributed by atoms with Crippen LogP contribution in [0.4, 0.5) is 13.2 Å². The predicted molar refractivity (Wildman–Crippen MR) is 107 cm³/mol. The number of benzene rings is 2. The molecule has 0 N–H and O–H groups in total. The first-order chi connectivity index (χ1) is 13.2. The first-order valence-corrected chi connectivity index (χ1v) is 9.72. The second-order valence-corrected chi connectivity index (χ2v) is 8.48. The van der Waals surface area contributed by atoms with Gasteiger partial charge in [0, 0.05) is 5.56 Å². The molecule has 0 spiro atoms. The van der Waals surface area contributed by atoms with Gasteiger partial charge in [-0.2, -0.15) is 13.2 Å². The van der Waals surface area contributed by atoms with Crippen LogP contribution < -0.4 is 48.0 Å². The molecule has 1 aliphatic rings. The lowest BCUT2D eigenvalue weighted by Gasteiger charge is -2.46. The fourth-order valence-corrected chi connectivity index (χ4v) is 3.78. The Hall–Kier alpha value is -0.650. The molecule has 3 rings (SSSR count). The molecule has 0 aliphatic carbocycles. The molecule has 166 valence electrons. The summed E-state index contributed by atoms with van der Waals surface area (Å²) >= 11 is 0. The maximum Gasteiger partial charge on any atom is 0.416 e. The summed E-state index contributed by atoms with van der Waals surface area (Å²) in [5.41, 5.74) is 1.61. The van der Waals surface area contributed by atoms with Crippen LogP contribution in [0.5, 0.6) is 0 Å². The molecule has 0 saturated carbocycles. The van der Waals surface area contributed by atoms with Gasteiger partial charge in [0.05, 0.1) is 26.2 Å². The number of rotatable bonds is 5. The van der Waals surface area contributed by atoms with E-state index in [0.29, 0.717) is 0 Å². The average molecular weight is 644 g/mol. The van der Waals surface area contributed by atoms with Crippen LogP contribution in [-0.4, -0.2) is 55.8 Å². The Kier molecular flexibility index (Phi) is 10.3. The van der Waals surface area contributed by atoms with Gasteiger partial charge in [-0.15, -0.1) is 0 Å². The summed E-state index contributed by atoms with van der Waals surface area (Å²) in [6, 6.07) is 15.9. The van der Waals surface area contributed by atoms with Crippen molar-refractivity contribution in [3.05, 3.63) is 77.4 Å². The molecule has 2 nitrogen and oxygen atoms in total. The normalized spacial score (nSPS) is 24.2. The molecule has 2 aromatic rings. The summed E-state index contributed by atoms with van der Waals surface area (Å²) in [6.07, 6.45) is 0.157. The van der Waals surface area contributed by atoms with Gasteiger partial charge in [0.25, 0.3) is 0 Å². The van der Waals surface area contributed by atoms with Gasteiger partial charge in [-0.3, -0.25) is 0 Å². The minimum Gasteiger partial charge on any atom is -1.00 e. The Morgan fingerprint density at radius 2 is 1.33 bits per heavy atom. The van der Waals surface area contributed by atoms with E-state index in [9.17, 15) is 13.2 Å². The van der Waals surface area contributed by atoms with E-state index in [1.54, 1.807) is 12.1 Å². The molecule has 1 heterocycles. The first-order valence-electron chi connectivity index (χ1n) is 9.72. The van der Waals surface area contributed by atoms with Crippen LogP contribution >= 0.6 is 0 Å². The van der Waals surface area contributed by atoms with E-state index in [1.807, 2.05) is 18.2 Å². The van der Waals surface area contributed by atoms with Gasteiger partial charge < -0.3 is 56.9 Å². The largest absolute Gasteiger partial charge is 1.00 e. The van der Waals surface area contributed by atoms with Crippen molar-refractivity contribution in [3.63, 3.8) is 0 Å². The predicted octanol–water partition coefficient (Wildman–Crippen LogP) is -1.17. The summed E-state index contributed by atoms with van der Waals surface area (Å²) in [5, 5.41) is 0. The third-order valence-corrected chi connectivity index (χ3v) is 5.86. The molecule has 2 aromatic carbocycles. The Balaban J connectivity index is 0.00000225. The fraction of sp³-hybridized carbons (Fsp3) is 0.391. The molecular formula is C23H29F3I2N2. The molecule has 1 aliphatic heterocycles. The second-order valence-electron chi connectivity index (χ2n) is 8.48. The fourth-order valence-electron chi connectivity index (χ4n) is 3.78. The zero-order valence-electron chi connectivity index (χ0n) is 17.4. The van der Waals surface area contributed by atoms with Crippen molar-refractivity contribution in [2.75, 3.05) is 46.8 Å². The number of piperazine rings is 1. The van der Waals surface area contributed by atoms with Gasteiger partial charge in [0.1, 0.15) is 32.7 Å². The van der Waals surface area contributed by atoms with E-state index in [2.05, 4.69) is 38.4 Å². The molecule has 7 heteroatoms. The van der Waals surface area contributed by atoms with Crippen LogP contribution in [0.15, 0.2) is 60.7 Å². The highest BCUT2D eigenvalue weighted by atomic mass is 127. The highest BCUT2D eigenvalue weighted by Gasteiger charge is 2.36. The van der Waals surface area contributed by atoms with Gasteiger partial charge >= 0.3 is 6.18 Å². The number of quaternary nitrogens is 2. The Morgan fingerprint density at radius 1 is 0.800 bits per heavy atom. The molecule has 0 atom stereocenters. The number of alkyl halides is 3. The van der Waals surface area contributed by atoms with Crippen molar-refractivity contribution in [2.45, 2.75) is 12.7 Å². The van der Waals surface area contributed by atoms with E-state index in [1.165, 1.54) is 17.7 Å². The summed E-state index contributed by atoms with van der Waals surface area (Å²) in [4.78, 5) is 0. The van der Waals surface area contributed by atoms with E-state index in [4.69, 9.17) is 0 Å². The first kappa shape index (κ1) is 27.4. The molecular weight excluding hydrogens is 615 g/mol. The molecule has 0 radical (unpaired) electrons. The van der Waals surface area contributed by atoms with Crippen molar-refractivity contribution in [2.24, 2.45) is 0 Å². The molecule has 0 aromatic heterocycles. The molecule has 1 saturated heterocycles. The number of halogens is 5. The van der Waals surface area contributed by atoms with Crippen LogP contribution in [0.2, 0.25) is 0 Å². The summed E-state index contributed by atoms with van der Waals surface area (Å²) < 4.78 is 40.1. The quantitative estimate of drug-likeness (QED) is 0.285. The molecule has 1 fully saturated rings. The van der Waals surface area contributed by atoms with Crippen LogP contribution in [0.25, 0.3) is 6.08 Å². The summed E-state index contributed by atoms with van der Waals surface area (Å²) in [5.74, 6) is 0. The number of likely N-dealkylation sites (N-methyl/N-ethyl adjacent to an activating group) is 2.